The van der Waals surface area contributed by atoms with Gasteiger partial charge < -0.3 is 14.7 Å². The zero-order valence-electron chi connectivity index (χ0n) is 11.2. The van der Waals surface area contributed by atoms with Crippen molar-refractivity contribution >= 4 is 57.1 Å². The monoisotopic (exact) mass is 503 g/mol. The van der Waals surface area contributed by atoms with E-state index in [-0.39, 0.29) is 30.4 Å². The van der Waals surface area contributed by atoms with Crippen LogP contribution in [0.3, 0.4) is 0 Å². The van der Waals surface area contributed by atoms with Gasteiger partial charge in [-0.05, 0) is 71.2 Å². The average molecular weight is 503 g/mol. The average Bonchev–Trinajstić information content (AvgIpc) is 2.39. The Morgan fingerprint density at radius 2 is 1.95 bits per heavy atom. The first-order valence-electron chi connectivity index (χ1n) is 6.03. The summed E-state index contributed by atoms with van der Waals surface area (Å²) in [5.74, 6) is -0.893. The highest BCUT2D eigenvalue weighted by atomic mass is 127. The molecule has 20 heavy (non-hydrogen) atoms. The third-order valence-electron chi connectivity index (χ3n) is 2.55. The number of rotatable bonds is 5. The van der Waals surface area contributed by atoms with Crippen molar-refractivity contribution in [3.8, 4) is 5.75 Å². The van der Waals surface area contributed by atoms with Crippen molar-refractivity contribution in [3.63, 3.8) is 0 Å². The van der Waals surface area contributed by atoms with Gasteiger partial charge in [-0.15, -0.1) is 0 Å². The number of hydrogen-bond acceptors (Lipinski definition) is 4. The van der Waals surface area contributed by atoms with Gasteiger partial charge in [-0.1, -0.05) is 0 Å². The minimum absolute atomic E-state index is 0.0571. The van der Waals surface area contributed by atoms with E-state index in [1.807, 2.05) is 22.6 Å². The van der Waals surface area contributed by atoms with Crippen LogP contribution >= 0.6 is 45.2 Å². The normalized spacial score (nSPS) is 10.2. The van der Waals surface area contributed by atoms with Crippen LogP contribution in [0.5, 0.6) is 5.75 Å². The van der Waals surface area contributed by atoms with E-state index in [0.717, 1.165) is 3.57 Å². The second-order valence-corrected chi connectivity index (χ2v) is 6.32. The van der Waals surface area contributed by atoms with Gasteiger partial charge in [-0.2, -0.15) is 0 Å². The highest BCUT2D eigenvalue weighted by Gasteiger charge is 2.22. The van der Waals surface area contributed by atoms with Crippen LogP contribution in [0.2, 0.25) is 0 Å². The molecule has 1 N–H and O–H groups in total. The van der Waals surface area contributed by atoms with Gasteiger partial charge in [0.2, 0.25) is 0 Å². The molecule has 7 heteroatoms. The second-order valence-electron chi connectivity index (χ2n) is 3.91. The third-order valence-corrected chi connectivity index (χ3v) is 4.00. The predicted molar refractivity (Wildman–Crippen MR) is 91.8 cm³/mol. The molecule has 0 aliphatic heterocycles. The number of phenolic OH excluding ortho intramolecular Hbond substituents is 1. The summed E-state index contributed by atoms with van der Waals surface area (Å²) in [4.78, 5) is 25.2. The summed E-state index contributed by atoms with van der Waals surface area (Å²) >= 11 is 4.04. The van der Waals surface area contributed by atoms with E-state index in [4.69, 9.17) is 4.74 Å². The molecule has 0 fully saturated rings. The van der Waals surface area contributed by atoms with E-state index in [2.05, 4.69) is 22.6 Å². The number of halogens is 2. The molecule has 0 unspecified atom stereocenters. The molecule has 1 aromatic rings. The van der Waals surface area contributed by atoms with Gasteiger partial charge in [0, 0.05) is 10.1 Å². The van der Waals surface area contributed by atoms with Crippen LogP contribution in [0, 0.1) is 7.14 Å². The van der Waals surface area contributed by atoms with Crippen molar-refractivity contribution in [2.75, 3.05) is 19.7 Å². The SMILES string of the molecule is CCOC(=O)CN(CC)C(=O)c1cc(I)cc(I)c1O. The van der Waals surface area contributed by atoms with Gasteiger partial charge in [-0.3, -0.25) is 9.59 Å². The van der Waals surface area contributed by atoms with E-state index in [0.29, 0.717) is 10.1 Å². The Morgan fingerprint density at radius 1 is 1.30 bits per heavy atom. The fourth-order valence-corrected chi connectivity index (χ4v) is 3.43. The number of esters is 1. The number of carbonyl (C=O) groups excluding carboxylic acids is 2. The lowest BCUT2D eigenvalue weighted by Crippen LogP contribution is -2.36. The summed E-state index contributed by atoms with van der Waals surface area (Å²) in [6.07, 6.45) is 0. The third kappa shape index (κ3) is 4.47. The topological polar surface area (TPSA) is 66.8 Å². The van der Waals surface area contributed by atoms with Crippen molar-refractivity contribution in [1.82, 2.24) is 4.90 Å². The van der Waals surface area contributed by atoms with Crippen LogP contribution in [0.4, 0.5) is 0 Å². The second kappa shape index (κ2) is 8.01. The number of ether oxygens (including phenoxy) is 1. The predicted octanol–water partition coefficient (Wildman–Crippen LogP) is 2.63. The fraction of sp³-hybridized carbons (Fsp3) is 0.385. The number of carbonyl (C=O) groups is 2. The molecule has 0 heterocycles. The van der Waals surface area contributed by atoms with Gasteiger partial charge in [0.15, 0.2) is 0 Å². The maximum atomic E-state index is 12.4. The Hall–Kier alpha value is -0.580. The number of aromatic hydroxyl groups is 1. The lowest BCUT2D eigenvalue weighted by Gasteiger charge is -2.20. The lowest BCUT2D eigenvalue weighted by atomic mass is 10.1. The summed E-state index contributed by atoms with van der Waals surface area (Å²) in [5, 5.41) is 10.00. The molecule has 0 aromatic heterocycles. The zero-order valence-corrected chi connectivity index (χ0v) is 15.5. The molecule has 1 amide bonds. The van der Waals surface area contributed by atoms with E-state index in [1.165, 1.54) is 4.90 Å². The van der Waals surface area contributed by atoms with Crippen molar-refractivity contribution < 1.29 is 19.4 Å². The smallest absolute Gasteiger partial charge is 0.325 e. The molecule has 0 saturated heterocycles. The molecule has 0 bridgehead atoms. The molecule has 5 nitrogen and oxygen atoms in total. The number of benzene rings is 1. The molecule has 1 rings (SSSR count). The Balaban J connectivity index is 3.00. The maximum absolute atomic E-state index is 12.4. The Kier molecular flexibility index (Phi) is 7.00. The molecular formula is C13H15I2NO4. The standard InChI is InChI=1S/C13H15I2NO4/c1-3-16(7-11(17)20-4-2)13(19)9-5-8(14)6-10(15)12(9)18/h5-6,18H,3-4,7H2,1-2H3. The summed E-state index contributed by atoms with van der Waals surface area (Å²) < 4.78 is 6.29. The first-order valence-corrected chi connectivity index (χ1v) is 8.19. The van der Waals surface area contributed by atoms with E-state index in [9.17, 15) is 14.7 Å². The minimum Gasteiger partial charge on any atom is -0.506 e. The minimum atomic E-state index is -0.456. The van der Waals surface area contributed by atoms with Gasteiger partial charge in [0.1, 0.15) is 12.3 Å². The number of hydrogen-bond donors (Lipinski definition) is 1. The summed E-state index contributed by atoms with van der Waals surface area (Å²) in [6.45, 7) is 4.00. The van der Waals surface area contributed by atoms with Crippen LogP contribution in [-0.4, -0.2) is 41.6 Å². The van der Waals surface area contributed by atoms with Crippen LogP contribution in [0.1, 0.15) is 24.2 Å². The Morgan fingerprint density at radius 3 is 2.50 bits per heavy atom. The molecule has 0 spiro atoms. The summed E-state index contributed by atoms with van der Waals surface area (Å²) in [5.41, 5.74) is 0.201. The first kappa shape index (κ1) is 17.5. The van der Waals surface area contributed by atoms with Gasteiger partial charge in [0.25, 0.3) is 5.91 Å². The van der Waals surface area contributed by atoms with Crippen molar-refractivity contribution in [2.24, 2.45) is 0 Å². The molecular weight excluding hydrogens is 488 g/mol. The first-order chi connectivity index (χ1) is 9.40. The lowest BCUT2D eigenvalue weighted by molar-refractivity contribution is -0.143. The van der Waals surface area contributed by atoms with Crippen LogP contribution < -0.4 is 0 Å². The summed E-state index contributed by atoms with van der Waals surface area (Å²) in [6, 6.07) is 3.38. The molecule has 1 aromatic carbocycles. The quantitative estimate of drug-likeness (QED) is 0.496. The van der Waals surface area contributed by atoms with E-state index >= 15 is 0 Å². The Labute approximate surface area is 145 Å². The fourth-order valence-electron chi connectivity index (χ4n) is 1.59. The van der Waals surface area contributed by atoms with Gasteiger partial charge in [-0.25, -0.2) is 0 Å². The molecule has 0 radical (unpaired) electrons. The number of phenols is 1. The van der Waals surface area contributed by atoms with E-state index in [1.54, 1.807) is 26.0 Å². The molecule has 0 aliphatic rings. The largest absolute Gasteiger partial charge is 0.506 e. The van der Waals surface area contributed by atoms with Crippen molar-refractivity contribution in [3.05, 3.63) is 24.8 Å². The van der Waals surface area contributed by atoms with Gasteiger partial charge in [0.05, 0.1) is 15.7 Å². The zero-order chi connectivity index (χ0) is 15.3. The van der Waals surface area contributed by atoms with Gasteiger partial charge >= 0.3 is 5.97 Å². The van der Waals surface area contributed by atoms with Crippen molar-refractivity contribution in [2.45, 2.75) is 13.8 Å². The molecule has 110 valence electrons. The van der Waals surface area contributed by atoms with Crippen molar-refractivity contribution in [1.29, 1.82) is 0 Å². The van der Waals surface area contributed by atoms with Crippen LogP contribution in [0.15, 0.2) is 12.1 Å². The number of likely N-dealkylation sites (N-methyl/N-ethyl adjacent to an activating group) is 1. The van der Waals surface area contributed by atoms with Crippen LogP contribution in [-0.2, 0) is 9.53 Å². The van der Waals surface area contributed by atoms with E-state index < -0.39 is 5.97 Å². The molecule has 0 atom stereocenters. The number of amides is 1. The maximum Gasteiger partial charge on any atom is 0.325 e. The summed E-state index contributed by atoms with van der Waals surface area (Å²) in [7, 11) is 0. The number of nitrogens with zero attached hydrogens (tertiary/aromatic N) is 1. The highest BCUT2D eigenvalue weighted by Crippen LogP contribution is 2.28. The molecule has 0 saturated carbocycles. The Bertz CT molecular complexity index is 519. The highest BCUT2D eigenvalue weighted by molar-refractivity contribution is 14.1. The van der Waals surface area contributed by atoms with Crippen LogP contribution in [0.25, 0.3) is 0 Å². The molecule has 0 aliphatic carbocycles.